The van der Waals surface area contributed by atoms with Gasteiger partial charge in [-0.1, -0.05) is 23.4 Å². The van der Waals surface area contributed by atoms with Crippen LogP contribution in [0.2, 0.25) is 0 Å². The molecule has 0 spiro atoms. The highest BCUT2D eigenvalue weighted by Gasteiger charge is 2.24. The van der Waals surface area contributed by atoms with Crippen molar-refractivity contribution in [1.29, 1.82) is 0 Å². The molecule has 0 bridgehead atoms. The van der Waals surface area contributed by atoms with Gasteiger partial charge < -0.3 is 19.3 Å². The molecule has 1 fully saturated rings. The molecular weight excluding hydrogens is 389 g/mol. The van der Waals surface area contributed by atoms with Crippen molar-refractivity contribution >= 4 is 17.1 Å². The van der Waals surface area contributed by atoms with Crippen LogP contribution in [0.25, 0.3) is 11.0 Å². The molecule has 2 heterocycles. The number of hydrogen-bond donors (Lipinski definition) is 1. The number of phenols is 1. The van der Waals surface area contributed by atoms with Gasteiger partial charge >= 0.3 is 6.09 Å². The third kappa shape index (κ3) is 4.09. The minimum atomic E-state index is -0.296. The Bertz CT molecular complexity index is 1040. The molecule has 0 aliphatic carbocycles. The lowest BCUT2D eigenvalue weighted by atomic mass is 10.0. The lowest BCUT2D eigenvalue weighted by Gasteiger charge is -2.34. The van der Waals surface area contributed by atoms with Gasteiger partial charge in [0, 0.05) is 44.5 Å². The summed E-state index contributed by atoms with van der Waals surface area (Å²) in [7, 11) is 0. The van der Waals surface area contributed by atoms with Gasteiger partial charge in [-0.05, 0) is 30.7 Å². The largest absolute Gasteiger partial charge is 0.507 e. The van der Waals surface area contributed by atoms with Crippen LogP contribution in [0.4, 0.5) is 9.18 Å². The predicted octanol–water partition coefficient (Wildman–Crippen LogP) is 3.54. The Hall–Kier alpha value is -3.13. The molecule has 7 nitrogen and oxygen atoms in total. The quantitative estimate of drug-likeness (QED) is 0.689. The van der Waals surface area contributed by atoms with Crippen molar-refractivity contribution in [2.75, 3.05) is 32.8 Å². The van der Waals surface area contributed by atoms with E-state index in [1.807, 2.05) is 0 Å². The predicted molar refractivity (Wildman–Crippen MR) is 109 cm³/mol. The lowest BCUT2D eigenvalue weighted by Crippen LogP contribution is -2.48. The maximum atomic E-state index is 14.0. The number of halogens is 1. The fourth-order valence-electron chi connectivity index (χ4n) is 3.73. The molecule has 0 unspecified atom stereocenters. The van der Waals surface area contributed by atoms with Gasteiger partial charge in [0.25, 0.3) is 0 Å². The Morgan fingerprint density at radius 1 is 1.20 bits per heavy atom. The SMILES string of the molecule is CCOC(=O)N1CCN(Cc2c(O)ccc3c(Cc4ccccc4F)noc23)CC1. The summed E-state index contributed by atoms with van der Waals surface area (Å²) >= 11 is 0. The third-order valence-corrected chi connectivity index (χ3v) is 5.39. The minimum Gasteiger partial charge on any atom is -0.507 e. The molecule has 2 aromatic carbocycles. The Balaban J connectivity index is 1.51. The molecule has 1 aromatic heterocycles. The number of amides is 1. The average molecular weight is 413 g/mol. The van der Waals surface area contributed by atoms with Crippen LogP contribution in [0.3, 0.4) is 0 Å². The van der Waals surface area contributed by atoms with E-state index in [4.69, 9.17) is 9.26 Å². The highest BCUT2D eigenvalue weighted by Crippen LogP contribution is 2.31. The number of aromatic hydroxyl groups is 1. The summed E-state index contributed by atoms with van der Waals surface area (Å²) in [5, 5.41) is 15.3. The molecule has 1 N–H and O–H groups in total. The number of nitrogens with zero attached hydrogens (tertiary/aromatic N) is 3. The van der Waals surface area contributed by atoms with Crippen LogP contribution < -0.4 is 0 Å². The van der Waals surface area contributed by atoms with E-state index >= 15 is 0 Å². The standard InChI is InChI=1S/C22H24FN3O4/c1-2-29-22(28)26-11-9-25(10-12-26)14-17-20(27)8-7-16-19(24-30-21(16)17)13-15-5-3-4-6-18(15)23/h3-8,27H,2,9-14H2,1H3. The Labute approximate surface area is 173 Å². The van der Waals surface area contributed by atoms with E-state index in [9.17, 15) is 14.3 Å². The van der Waals surface area contributed by atoms with Crippen LogP contribution in [0, 0.1) is 5.82 Å². The third-order valence-electron chi connectivity index (χ3n) is 5.39. The van der Waals surface area contributed by atoms with Crippen molar-refractivity contribution in [2.24, 2.45) is 0 Å². The number of fused-ring (bicyclic) bond motifs is 1. The van der Waals surface area contributed by atoms with Gasteiger partial charge in [-0.25, -0.2) is 9.18 Å². The summed E-state index contributed by atoms with van der Waals surface area (Å²) in [6, 6.07) is 9.95. The zero-order valence-electron chi connectivity index (χ0n) is 16.8. The van der Waals surface area contributed by atoms with E-state index in [1.54, 1.807) is 42.2 Å². The summed E-state index contributed by atoms with van der Waals surface area (Å²) in [4.78, 5) is 15.7. The zero-order chi connectivity index (χ0) is 21.1. The fourth-order valence-corrected chi connectivity index (χ4v) is 3.73. The number of hydrogen-bond acceptors (Lipinski definition) is 6. The van der Waals surface area contributed by atoms with Crippen LogP contribution >= 0.6 is 0 Å². The number of phenolic OH excluding ortho intramolecular Hbond substituents is 1. The molecular formula is C22H24FN3O4. The van der Waals surface area contributed by atoms with Crippen LogP contribution in [-0.4, -0.2) is 58.9 Å². The molecule has 1 amide bonds. The molecule has 3 aromatic rings. The highest BCUT2D eigenvalue weighted by molar-refractivity contribution is 5.84. The minimum absolute atomic E-state index is 0.129. The number of aromatic nitrogens is 1. The summed E-state index contributed by atoms with van der Waals surface area (Å²) in [6.07, 6.45) is 0.0115. The molecule has 30 heavy (non-hydrogen) atoms. The van der Waals surface area contributed by atoms with E-state index in [-0.39, 0.29) is 17.7 Å². The van der Waals surface area contributed by atoms with E-state index < -0.39 is 0 Å². The molecule has 1 aliphatic heterocycles. The number of benzene rings is 2. The van der Waals surface area contributed by atoms with Gasteiger partial charge in [0.05, 0.1) is 17.9 Å². The second kappa shape index (κ2) is 8.71. The first-order chi connectivity index (χ1) is 14.6. The summed E-state index contributed by atoms with van der Waals surface area (Å²) in [6.45, 7) is 5.05. The van der Waals surface area contributed by atoms with Crippen LogP contribution in [0.15, 0.2) is 40.9 Å². The van der Waals surface area contributed by atoms with Gasteiger partial charge in [0.15, 0.2) is 5.58 Å². The van der Waals surface area contributed by atoms with Crippen molar-refractivity contribution in [2.45, 2.75) is 19.9 Å². The van der Waals surface area contributed by atoms with Crippen LogP contribution in [0.5, 0.6) is 5.75 Å². The van der Waals surface area contributed by atoms with Gasteiger partial charge in [-0.3, -0.25) is 4.90 Å². The molecule has 158 valence electrons. The number of piperazine rings is 1. The van der Waals surface area contributed by atoms with Gasteiger partial charge in [0.2, 0.25) is 0 Å². The fraction of sp³-hybridized carbons (Fsp3) is 0.364. The molecule has 4 rings (SSSR count). The summed E-state index contributed by atoms with van der Waals surface area (Å²) in [5.41, 5.74) is 2.32. The van der Waals surface area contributed by atoms with E-state index in [0.29, 0.717) is 68.2 Å². The molecule has 1 saturated heterocycles. The summed E-state index contributed by atoms with van der Waals surface area (Å²) in [5.74, 6) is -0.156. The van der Waals surface area contributed by atoms with Gasteiger partial charge in [-0.15, -0.1) is 0 Å². The van der Waals surface area contributed by atoms with E-state index in [0.717, 1.165) is 5.39 Å². The number of carbonyl (C=O) groups excluding carboxylic acids is 1. The topological polar surface area (TPSA) is 79.0 Å². The molecule has 0 saturated carbocycles. The van der Waals surface area contributed by atoms with Crippen molar-refractivity contribution in [1.82, 2.24) is 15.0 Å². The first-order valence-electron chi connectivity index (χ1n) is 10.0. The van der Waals surface area contributed by atoms with Gasteiger partial charge in [0.1, 0.15) is 11.6 Å². The smallest absolute Gasteiger partial charge is 0.409 e. The average Bonchev–Trinajstić information content (AvgIpc) is 3.15. The zero-order valence-corrected chi connectivity index (χ0v) is 16.8. The highest BCUT2D eigenvalue weighted by atomic mass is 19.1. The van der Waals surface area contributed by atoms with Crippen molar-refractivity contribution in [3.8, 4) is 5.75 Å². The Morgan fingerprint density at radius 3 is 2.70 bits per heavy atom. The van der Waals surface area contributed by atoms with E-state index in [2.05, 4.69) is 10.1 Å². The molecule has 1 aliphatic rings. The normalized spacial score (nSPS) is 14.9. The number of rotatable bonds is 5. The van der Waals surface area contributed by atoms with Crippen molar-refractivity contribution in [3.05, 3.63) is 59.0 Å². The summed E-state index contributed by atoms with van der Waals surface area (Å²) < 4.78 is 24.6. The Morgan fingerprint density at radius 2 is 1.97 bits per heavy atom. The first kappa shape index (κ1) is 20.2. The molecule has 8 heteroatoms. The maximum Gasteiger partial charge on any atom is 0.409 e. The second-order valence-corrected chi connectivity index (χ2v) is 7.30. The number of ether oxygens (including phenoxy) is 1. The van der Waals surface area contributed by atoms with Crippen molar-refractivity contribution < 1.29 is 23.6 Å². The lowest BCUT2D eigenvalue weighted by molar-refractivity contribution is 0.0776. The van der Waals surface area contributed by atoms with Crippen LogP contribution in [-0.2, 0) is 17.7 Å². The molecule has 0 atom stereocenters. The second-order valence-electron chi connectivity index (χ2n) is 7.30. The van der Waals surface area contributed by atoms with Crippen molar-refractivity contribution in [3.63, 3.8) is 0 Å². The van der Waals surface area contributed by atoms with Gasteiger partial charge in [-0.2, -0.15) is 0 Å². The maximum absolute atomic E-state index is 14.0. The first-order valence-corrected chi connectivity index (χ1v) is 10.0. The monoisotopic (exact) mass is 413 g/mol. The Kier molecular flexibility index (Phi) is 5.85. The van der Waals surface area contributed by atoms with Crippen LogP contribution in [0.1, 0.15) is 23.7 Å². The number of carbonyl (C=O) groups is 1. The molecule has 0 radical (unpaired) electrons. The van der Waals surface area contributed by atoms with E-state index in [1.165, 1.54) is 6.07 Å².